The fourth-order valence-electron chi connectivity index (χ4n) is 2.69. The Hall–Kier alpha value is -0.870. The maximum absolute atomic E-state index is 12.2. The summed E-state index contributed by atoms with van der Waals surface area (Å²) < 4.78 is 1.18. The van der Waals surface area contributed by atoms with Gasteiger partial charge >= 0.3 is 0 Å². The zero-order chi connectivity index (χ0) is 13.2. The van der Waals surface area contributed by atoms with E-state index < -0.39 is 0 Å². The minimum atomic E-state index is 0.0653. The van der Waals surface area contributed by atoms with E-state index in [0.717, 1.165) is 17.5 Å². The van der Waals surface area contributed by atoms with Crippen molar-refractivity contribution in [1.82, 2.24) is 5.32 Å². The Balaban J connectivity index is 1.67. The Morgan fingerprint density at radius 2 is 2.21 bits per heavy atom. The molecule has 1 aliphatic rings. The zero-order valence-corrected chi connectivity index (χ0v) is 13.0. The summed E-state index contributed by atoms with van der Waals surface area (Å²) in [7, 11) is 0. The molecule has 2 aromatic rings. The van der Waals surface area contributed by atoms with Crippen molar-refractivity contribution >= 4 is 43.3 Å². The van der Waals surface area contributed by atoms with Crippen molar-refractivity contribution in [2.45, 2.75) is 24.1 Å². The summed E-state index contributed by atoms with van der Waals surface area (Å²) in [5, 5.41) is 6.11. The van der Waals surface area contributed by atoms with E-state index in [0.29, 0.717) is 10.7 Å². The average Bonchev–Trinajstić information content (AvgIpc) is 3.02. The number of hydrogen-bond donors (Lipinski definition) is 1. The number of alkyl halides is 1. The third kappa shape index (κ3) is 2.84. The molecule has 2 unspecified atom stereocenters. The fraction of sp³-hybridized carbons (Fsp3) is 0.400. The minimum absolute atomic E-state index is 0.0653. The number of halogens is 1. The van der Waals surface area contributed by atoms with Crippen LogP contribution in [0.25, 0.3) is 10.1 Å². The van der Waals surface area contributed by atoms with Crippen molar-refractivity contribution in [3.05, 3.63) is 35.2 Å². The van der Waals surface area contributed by atoms with E-state index in [-0.39, 0.29) is 5.91 Å². The van der Waals surface area contributed by atoms with Gasteiger partial charge in [-0.1, -0.05) is 34.1 Å². The number of hydrogen-bond acceptors (Lipinski definition) is 2. The van der Waals surface area contributed by atoms with Gasteiger partial charge in [-0.05, 0) is 31.2 Å². The molecule has 19 heavy (non-hydrogen) atoms. The summed E-state index contributed by atoms with van der Waals surface area (Å²) in [6.45, 7) is 0.797. The molecule has 0 aliphatic heterocycles. The highest BCUT2D eigenvalue weighted by molar-refractivity contribution is 9.09. The molecule has 0 bridgehead atoms. The molecule has 1 amide bonds. The molecule has 1 aromatic carbocycles. The lowest BCUT2D eigenvalue weighted by Crippen LogP contribution is -2.28. The Morgan fingerprint density at radius 1 is 1.37 bits per heavy atom. The van der Waals surface area contributed by atoms with Gasteiger partial charge in [0.15, 0.2) is 0 Å². The third-order valence-electron chi connectivity index (χ3n) is 3.75. The van der Waals surface area contributed by atoms with Crippen molar-refractivity contribution in [3.63, 3.8) is 0 Å². The summed E-state index contributed by atoms with van der Waals surface area (Å²) in [5.74, 6) is 0.689. The molecular formula is C15H16BrNOS. The fourth-order valence-corrected chi connectivity index (χ4v) is 4.42. The molecule has 4 heteroatoms. The quantitative estimate of drug-likeness (QED) is 0.835. The van der Waals surface area contributed by atoms with Crippen LogP contribution in [0.2, 0.25) is 0 Å². The molecule has 1 aliphatic carbocycles. The molecule has 2 atom stereocenters. The van der Waals surface area contributed by atoms with Gasteiger partial charge < -0.3 is 5.32 Å². The van der Waals surface area contributed by atoms with Crippen molar-refractivity contribution in [2.24, 2.45) is 5.92 Å². The number of benzene rings is 1. The summed E-state index contributed by atoms with van der Waals surface area (Å²) in [4.78, 5) is 12.9. The van der Waals surface area contributed by atoms with Gasteiger partial charge in [0.1, 0.15) is 0 Å². The Labute approximate surface area is 125 Å². The molecule has 1 heterocycles. The predicted octanol–water partition coefficient (Wildman–Crippen LogP) is 4.19. The van der Waals surface area contributed by atoms with E-state index in [1.54, 1.807) is 11.3 Å². The molecule has 2 nitrogen and oxygen atoms in total. The van der Waals surface area contributed by atoms with Crippen LogP contribution >= 0.6 is 27.3 Å². The van der Waals surface area contributed by atoms with Crippen molar-refractivity contribution < 1.29 is 4.79 Å². The molecule has 1 saturated carbocycles. The molecular weight excluding hydrogens is 322 g/mol. The zero-order valence-electron chi connectivity index (χ0n) is 10.6. The molecule has 0 saturated heterocycles. The van der Waals surface area contributed by atoms with Gasteiger partial charge in [0.05, 0.1) is 5.56 Å². The first kappa shape index (κ1) is 13.1. The number of rotatable bonds is 3. The Bertz CT molecular complexity index is 595. The maximum atomic E-state index is 12.2. The van der Waals surface area contributed by atoms with Gasteiger partial charge in [0.25, 0.3) is 5.91 Å². The van der Waals surface area contributed by atoms with Crippen LogP contribution in [-0.2, 0) is 0 Å². The van der Waals surface area contributed by atoms with Gasteiger partial charge in [-0.25, -0.2) is 0 Å². The number of thiophene rings is 1. The number of fused-ring (bicyclic) bond motifs is 1. The topological polar surface area (TPSA) is 29.1 Å². The predicted molar refractivity (Wildman–Crippen MR) is 84.2 cm³/mol. The van der Waals surface area contributed by atoms with Gasteiger partial charge in [-0.15, -0.1) is 11.3 Å². The van der Waals surface area contributed by atoms with Crippen LogP contribution in [0.1, 0.15) is 29.6 Å². The Morgan fingerprint density at radius 3 is 3.00 bits per heavy atom. The van der Waals surface area contributed by atoms with E-state index in [1.807, 2.05) is 23.6 Å². The van der Waals surface area contributed by atoms with Crippen LogP contribution in [0.3, 0.4) is 0 Å². The molecule has 100 valence electrons. The molecule has 0 spiro atoms. The highest BCUT2D eigenvalue weighted by Gasteiger charge is 2.23. The first-order chi connectivity index (χ1) is 9.24. The van der Waals surface area contributed by atoms with E-state index in [4.69, 9.17) is 0 Å². The van der Waals surface area contributed by atoms with Crippen LogP contribution in [0.15, 0.2) is 29.6 Å². The van der Waals surface area contributed by atoms with Crippen molar-refractivity contribution in [2.75, 3.05) is 6.54 Å². The Kier molecular flexibility index (Phi) is 3.89. The second-order valence-electron chi connectivity index (χ2n) is 5.13. The SMILES string of the molecule is O=C(NCC1CCC(Br)C1)c1csc2ccccc12. The number of carbonyl (C=O) groups is 1. The summed E-state index contributed by atoms with van der Waals surface area (Å²) in [6, 6.07) is 8.07. The number of amides is 1. The highest BCUT2D eigenvalue weighted by atomic mass is 79.9. The smallest absolute Gasteiger partial charge is 0.252 e. The lowest BCUT2D eigenvalue weighted by molar-refractivity contribution is 0.0949. The summed E-state index contributed by atoms with van der Waals surface area (Å²) >= 11 is 5.28. The van der Waals surface area contributed by atoms with Crippen LogP contribution in [0, 0.1) is 5.92 Å². The average molecular weight is 338 g/mol. The maximum Gasteiger partial charge on any atom is 0.252 e. The normalized spacial score (nSPS) is 22.8. The highest BCUT2D eigenvalue weighted by Crippen LogP contribution is 2.30. The van der Waals surface area contributed by atoms with Crippen molar-refractivity contribution in [1.29, 1.82) is 0 Å². The van der Waals surface area contributed by atoms with E-state index in [1.165, 1.54) is 24.0 Å². The molecule has 1 aromatic heterocycles. The second-order valence-corrected chi connectivity index (χ2v) is 7.34. The van der Waals surface area contributed by atoms with Gasteiger partial charge in [-0.3, -0.25) is 4.79 Å². The van der Waals surface area contributed by atoms with Gasteiger partial charge in [0, 0.05) is 26.8 Å². The summed E-state index contributed by atoms with van der Waals surface area (Å²) in [6.07, 6.45) is 3.60. The van der Waals surface area contributed by atoms with Crippen molar-refractivity contribution in [3.8, 4) is 0 Å². The number of nitrogens with one attached hydrogen (secondary N) is 1. The molecule has 3 rings (SSSR count). The van der Waals surface area contributed by atoms with Crippen LogP contribution in [-0.4, -0.2) is 17.3 Å². The lowest BCUT2D eigenvalue weighted by atomic mass is 10.1. The standard InChI is InChI=1S/C15H16BrNOS/c16-11-6-5-10(7-11)8-17-15(18)13-9-19-14-4-2-1-3-12(13)14/h1-4,9-11H,5-8H2,(H,17,18). The van der Waals surface area contributed by atoms with Crippen LogP contribution in [0.5, 0.6) is 0 Å². The molecule has 1 fully saturated rings. The van der Waals surface area contributed by atoms with E-state index >= 15 is 0 Å². The lowest BCUT2D eigenvalue weighted by Gasteiger charge is -2.10. The van der Waals surface area contributed by atoms with Gasteiger partial charge in [0.2, 0.25) is 0 Å². The second kappa shape index (κ2) is 5.63. The third-order valence-corrected chi connectivity index (χ3v) is 5.55. The molecule has 0 radical (unpaired) electrons. The van der Waals surface area contributed by atoms with Crippen LogP contribution in [0.4, 0.5) is 0 Å². The van der Waals surface area contributed by atoms with Gasteiger partial charge in [-0.2, -0.15) is 0 Å². The largest absolute Gasteiger partial charge is 0.352 e. The monoisotopic (exact) mass is 337 g/mol. The first-order valence-corrected chi connectivity index (χ1v) is 8.42. The minimum Gasteiger partial charge on any atom is -0.352 e. The van der Waals surface area contributed by atoms with Crippen LogP contribution < -0.4 is 5.32 Å². The molecule has 1 N–H and O–H groups in total. The van der Waals surface area contributed by atoms with E-state index in [2.05, 4.69) is 27.3 Å². The number of carbonyl (C=O) groups excluding carboxylic acids is 1. The first-order valence-electron chi connectivity index (χ1n) is 6.62. The van der Waals surface area contributed by atoms with E-state index in [9.17, 15) is 4.79 Å². The summed E-state index contributed by atoms with van der Waals surface area (Å²) in [5.41, 5.74) is 0.814.